The lowest BCUT2D eigenvalue weighted by Gasteiger charge is -2.30. The minimum atomic E-state index is -4.48. The van der Waals surface area contributed by atoms with Crippen LogP contribution in [0.4, 0.5) is 19.0 Å². The van der Waals surface area contributed by atoms with Crippen molar-refractivity contribution in [2.45, 2.75) is 43.9 Å². The Labute approximate surface area is 181 Å². The molecule has 3 heterocycles. The predicted molar refractivity (Wildman–Crippen MR) is 113 cm³/mol. The van der Waals surface area contributed by atoms with Crippen molar-refractivity contribution in [3.05, 3.63) is 60.0 Å². The lowest BCUT2D eigenvalue weighted by molar-refractivity contribution is -0.140. The van der Waals surface area contributed by atoms with Crippen molar-refractivity contribution in [1.82, 2.24) is 19.2 Å². The van der Waals surface area contributed by atoms with E-state index in [2.05, 4.69) is 15.4 Å². The lowest BCUT2D eigenvalue weighted by Crippen LogP contribution is -2.28. The summed E-state index contributed by atoms with van der Waals surface area (Å²) < 4.78 is 42.5. The summed E-state index contributed by atoms with van der Waals surface area (Å²) in [5.74, 6) is 0.0843. The number of imidazole rings is 1. The van der Waals surface area contributed by atoms with Crippen molar-refractivity contribution in [2.75, 3.05) is 5.32 Å². The van der Waals surface area contributed by atoms with E-state index in [-0.39, 0.29) is 17.7 Å². The van der Waals surface area contributed by atoms with E-state index < -0.39 is 17.8 Å². The number of fused-ring (bicyclic) bond motifs is 2. The highest BCUT2D eigenvalue weighted by Gasteiger charge is 2.34. The summed E-state index contributed by atoms with van der Waals surface area (Å²) in [5, 5.41) is 8.86. The molecule has 1 amide bonds. The van der Waals surface area contributed by atoms with Crippen LogP contribution in [-0.4, -0.2) is 31.1 Å². The molecule has 0 atom stereocenters. The second-order valence-corrected chi connectivity index (χ2v) is 8.13. The minimum absolute atomic E-state index is 0.125. The number of benzene rings is 1. The Hall–Kier alpha value is -3.56. The van der Waals surface area contributed by atoms with Crippen LogP contribution in [0, 0.1) is 0 Å². The van der Waals surface area contributed by atoms with Crippen molar-refractivity contribution in [1.29, 1.82) is 0 Å². The standard InChI is InChI=1S/C22H21F3N6O/c23-22(24,25)17-12-30-18(5-2-6-19(30)28-17)27-14-7-9-15(10-8-14)31-11-13-3-1-4-16(21(26)32)20(13)29-31/h1-6,11-12,14-15,27H,7-10H2,(H2,26,32). The topological polar surface area (TPSA) is 90.2 Å². The molecular formula is C22H21F3N6O. The first kappa shape index (κ1) is 20.3. The second-order valence-electron chi connectivity index (χ2n) is 8.13. The van der Waals surface area contributed by atoms with Crippen molar-refractivity contribution in [2.24, 2.45) is 5.73 Å². The van der Waals surface area contributed by atoms with Crippen LogP contribution >= 0.6 is 0 Å². The Kier molecular flexibility index (Phi) is 4.79. The molecule has 0 spiro atoms. The number of aromatic nitrogens is 4. The number of anilines is 1. The van der Waals surface area contributed by atoms with Gasteiger partial charge in [0.1, 0.15) is 17.0 Å². The Morgan fingerprint density at radius 3 is 2.53 bits per heavy atom. The average molecular weight is 442 g/mol. The highest BCUT2D eigenvalue weighted by molar-refractivity contribution is 6.04. The third kappa shape index (κ3) is 3.65. The van der Waals surface area contributed by atoms with Crippen LogP contribution in [0.25, 0.3) is 16.6 Å². The third-order valence-electron chi connectivity index (χ3n) is 6.02. The van der Waals surface area contributed by atoms with Gasteiger partial charge >= 0.3 is 6.18 Å². The number of pyridine rings is 1. The van der Waals surface area contributed by atoms with E-state index in [0.717, 1.165) is 37.3 Å². The molecule has 10 heteroatoms. The van der Waals surface area contributed by atoms with E-state index in [0.29, 0.717) is 16.9 Å². The van der Waals surface area contributed by atoms with Gasteiger partial charge in [-0.25, -0.2) is 4.98 Å². The van der Waals surface area contributed by atoms with Crippen LogP contribution in [0.5, 0.6) is 0 Å². The van der Waals surface area contributed by atoms with Crippen molar-refractivity contribution < 1.29 is 18.0 Å². The molecule has 1 aliphatic carbocycles. The first-order chi connectivity index (χ1) is 15.3. The zero-order valence-corrected chi connectivity index (χ0v) is 17.0. The largest absolute Gasteiger partial charge is 0.434 e. The summed E-state index contributed by atoms with van der Waals surface area (Å²) in [5.41, 5.74) is 5.82. The first-order valence-electron chi connectivity index (χ1n) is 10.4. The zero-order chi connectivity index (χ0) is 22.5. The lowest BCUT2D eigenvalue weighted by atomic mass is 9.91. The van der Waals surface area contributed by atoms with Crippen LogP contribution in [0.2, 0.25) is 0 Å². The maximum absolute atomic E-state index is 13.0. The average Bonchev–Trinajstić information content (AvgIpc) is 3.39. The Balaban J connectivity index is 1.31. The van der Waals surface area contributed by atoms with Crippen LogP contribution in [0.3, 0.4) is 0 Å². The van der Waals surface area contributed by atoms with Gasteiger partial charge in [-0.3, -0.25) is 13.9 Å². The zero-order valence-electron chi connectivity index (χ0n) is 17.0. The highest BCUT2D eigenvalue weighted by atomic mass is 19.4. The molecule has 0 unspecified atom stereocenters. The quantitative estimate of drug-likeness (QED) is 0.490. The van der Waals surface area contributed by atoms with Crippen LogP contribution in [0.1, 0.15) is 47.8 Å². The molecule has 0 bridgehead atoms. The molecule has 3 N–H and O–H groups in total. The number of primary amides is 1. The van der Waals surface area contributed by atoms with Gasteiger partial charge in [-0.1, -0.05) is 18.2 Å². The number of nitrogens with two attached hydrogens (primary N) is 1. The van der Waals surface area contributed by atoms with E-state index in [4.69, 9.17) is 5.73 Å². The SMILES string of the molecule is NC(=O)c1cccc2cn(C3CCC(Nc4cccc5nc(C(F)(F)F)cn45)CC3)nc12. The van der Waals surface area contributed by atoms with Gasteiger partial charge < -0.3 is 11.1 Å². The third-order valence-corrected chi connectivity index (χ3v) is 6.02. The summed E-state index contributed by atoms with van der Waals surface area (Å²) in [6.07, 6.45) is 1.85. The molecule has 166 valence electrons. The normalized spacial score (nSPS) is 19.5. The molecule has 0 saturated heterocycles. The minimum Gasteiger partial charge on any atom is -0.368 e. The molecule has 0 aliphatic heterocycles. The van der Waals surface area contributed by atoms with Gasteiger partial charge in [-0.2, -0.15) is 18.3 Å². The van der Waals surface area contributed by atoms with Gasteiger partial charge in [0.05, 0.1) is 11.6 Å². The van der Waals surface area contributed by atoms with Gasteiger partial charge in [-0.15, -0.1) is 0 Å². The number of rotatable bonds is 4. The molecule has 1 fully saturated rings. The van der Waals surface area contributed by atoms with E-state index in [1.54, 1.807) is 30.3 Å². The predicted octanol–water partition coefficient (Wildman–Crippen LogP) is 4.40. The van der Waals surface area contributed by atoms with Crippen molar-refractivity contribution >= 4 is 28.3 Å². The van der Waals surface area contributed by atoms with Gasteiger partial charge in [0, 0.05) is 23.8 Å². The number of nitrogens with one attached hydrogen (secondary N) is 1. The first-order valence-corrected chi connectivity index (χ1v) is 10.4. The van der Waals surface area contributed by atoms with Gasteiger partial charge in [0.15, 0.2) is 5.69 Å². The number of halogens is 3. The maximum atomic E-state index is 13.0. The second kappa shape index (κ2) is 7.54. The molecule has 3 aromatic heterocycles. The molecule has 4 aromatic rings. The Bertz CT molecular complexity index is 1300. The summed E-state index contributed by atoms with van der Waals surface area (Å²) >= 11 is 0. The van der Waals surface area contributed by atoms with E-state index >= 15 is 0 Å². The number of carbonyl (C=O) groups excluding carboxylic acids is 1. The molecule has 1 saturated carbocycles. The summed E-state index contributed by atoms with van der Waals surface area (Å²) in [6, 6.07) is 10.7. The van der Waals surface area contributed by atoms with E-state index in [1.807, 2.05) is 16.9 Å². The van der Waals surface area contributed by atoms with E-state index in [9.17, 15) is 18.0 Å². The Morgan fingerprint density at radius 1 is 1.06 bits per heavy atom. The fourth-order valence-corrected chi connectivity index (χ4v) is 4.41. The summed E-state index contributed by atoms with van der Waals surface area (Å²) in [6.45, 7) is 0. The number of amides is 1. The molecule has 1 aromatic carbocycles. The summed E-state index contributed by atoms with van der Waals surface area (Å²) in [4.78, 5) is 15.3. The van der Waals surface area contributed by atoms with Gasteiger partial charge in [0.2, 0.25) is 0 Å². The van der Waals surface area contributed by atoms with Crippen LogP contribution in [-0.2, 0) is 6.18 Å². The van der Waals surface area contributed by atoms with Gasteiger partial charge in [0.25, 0.3) is 5.91 Å². The van der Waals surface area contributed by atoms with Crippen LogP contribution < -0.4 is 11.1 Å². The molecule has 1 aliphatic rings. The maximum Gasteiger partial charge on any atom is 0.434 e. The number of hydrogen-bond acceptors (Lipinski definition) is 4. The van der Waals surface area contributed by atoms with Gasteiger partial charge in [-0.05, 0) is 43.9 Å². The Morgan fingerprint density at radius 2 is 1.81 bits per heavy atom. The number of carbonyl (C=O) groups is 1. The fourth-order valence-electron chi connectivity index (χ4n) is 4.41. The number of alkyl halides is 3. The molecule has 5 rings (SSSR count). The monoisotopic (exact) mass is 442 g/mol. The molecule has 7 nitrogen and oxygen atoms in total. The fraction of sp³-hybridized carbons (Fsp3) is 0.318. The number of hydrogen-bond donors (Lipinski definition) is 2. The van der Waals surface area contributed by atoms with E-state index in [1.165, 1.54) is 4.40 Å². The molecule has 0 radical (unpaired) electrons. The highest BCUT2D eigenvalue weighted by Crippen LogP contribution is 2.33. The van der Waals surface area contributed by atoms with Crippen molar-refractivity contribution in [3.8, 4) is 0 Å². The van der Waals surface area contributed by atoms with Crippen LogP contribution in [0.15, 0.2) is 48.8 Å². The smallest absolute Gasteiger partial charge is 0.368 e. The number of nitrogens with zero attached hydrogens (tertiary/aromatic N) is 4. The molecule has 32 heavy (non-hydrogen) atoms. The van der Waals surface area contributed by atoms with Crippen molar-refractivity contribution in [3.63, 3.8) is 0 Å². The summed E-state index contributed by atoms with van der Waals surface area (Å²) in [7, 11) is 0. The molecular weight excluding hydrogens is 421 g/mol.